The molecule has 0 saturated heterocycles. The van der Waals surface area contributed by atoms with E-state index in [1.807, 2.05) is 0 Å². The van der Waals surface area contributed by atoms with Crippen molar-refractivity contribution in [3.8, 4) is 0 Å². The van der Waals surface area contributed by atoms with E-state index in [1.54, 1.807) is 0 Å². The molecule has 11 heavy (non-hydrogen) atoms. The van der Waals surface area contributed by atoms with Crippen molar-refractivity contribution in [2.75, 3.05) is 13.2 Å². The molecule has 0 heterocycles. The summed E-state index contributed by atoms with van der Waals surface area (Å²) in [6.45, 7) is 6.16. The summed E-state index contributed by atoms with van der Waals surface area (Å²) in [5.74, 6) is 0. The first kappa shape index (κ1) is 9.01. The summed E-state index contributed by atoms with van der Waals surface area (Å²) in [6, 6.07) is 0.815. The van der Waals surface area contributed by atoms with Crippen LogP contribution in [0.2, 0.25) is 0 Å². The van der Waals surface area contributed by atoms with Crippen LogP contribution in [0.1, 0.15) is 33.1 Å². The summed E-state index contributed by atoms with van der Waals surface area (Å²) in [4.78, 5) is 0. The van der Waals surface area contributed by atoms with Gasteiger partial charge in [0.15, 0.2) is 0 Å². The third kappa shape index (κ3) is 4.38. The molecule has 1 saturated carbocycles. The highest BCUT2D eigenvalue weighted by atomic mass is 16.5. The van der Waals surface area contributed by atoms with Crippen LogP contribution in [0.3, 0.4) is 0 Å². The molecule has 1 N–H and O–H groups in total. The summed E-state index contributed by atoms with van der Waals surface area (Å²) >= 11 is 0. The number of hydrogen-bond donors (Lipinski definition) is 1. The fourth-order valence-corrected chi connectivity index (χ4v) is 0.928. The molecule has 1 rings (SSSR count). The van der Waals surface area contributed by atoms with Crippen LogP contribution in [0.5, 0.6) is 0 Å². The Kier molecular flexibility index (Phi) is 3.87. The standard InChI is InChI=1S/C9H19NO/c1-3-8(2)11-7-6-10-9-4-5-9/h8-10H,3-7H2,1-2H3. The van der Waals surface area contributed by atoms with E-state index >= 15 is 0 Å². The molecule has 1 aliphatic carbocycles. The topological polar surface area (TPSA) is 21.3 Å². The van der Waals surface area contributed by atoms with E-state index in [1.165, 1.54) is 12.8 Å². The van der Waals surface area contributed by atoms with Gasteiger partial charge in [0, 0.05) is 12.6 Å². The Morgan fingerprint density at radius 2 is 2.27 bits per heavy atom. The second-order valence-electron chi connectivity index (χ2n) is 3.32. The minimum atomic E-state index is 0.427. The fourth-order valence-electron chi connectivity index (χ4n) is 0.928. The minimum Gasteiger partial charge on any atom is -0.377 e. The van der Waals surface area contributed by atoms with Gasteiger partial charge >= 0.3 is 0 Å². The van der Waals surface area contributed by atoms with Gasteiger partial charge in [0.05, 0.1) is 12.7 Å². The maximum Gasteiger partial charge on any atom is 0.0594 e. The van der Waals surface area contributed by atoms with E-state index < -0.39 is 0 Å². The largest absolute Gasteiger partial charge is 0.377 e. The van der Waals surface area contributed by atoms with Crippen LogP contribution < -0.4 is 5.32 Å². The predicted octanol–water partition coefficient (Wildman–Crippen LogP) is 1.55. The van der Waals surface area contributed by atoms with Gasteiger partial charge in [-0.1, -0.05) is 6.92 Å². The second-order valence-corrected chi connectivity index (χ2v) is 3.32. The summed E-state index contributed by atoms with van der Waals surface area (Å²) in [5, 5.41) is 3.41. The van der Waals surface area contributed by atoms with Gasteiger partial charge in [0.25, 0.3) is 0 Å². The fraction of sp³-hybridized carbons (Fsp3) is 1.00. The van der Waals surface area contributed by atoms with E-state index in [-0.39, 0.29) is 0 Å². The van der Waals surface area contributed by atoms with Crippen LogP contribution in [0, 0.1) is 0 Å². The van der Waals surface area contributed by atoms with Crippen LogP contribution >= 0.6 is 0 Å². The number of hydrogen-bond acceptors (Lipinski definition) is 2. The Morgan fingerprint density at radius 3 is 2.82 bits per heavy atom. The molecule has 0 radical (unpaired) electrons. The maximum atomic E-state index is 5.51. The lowest BCUT2D eigenvalue weighted by Gasteiger charge is -2.10. The average molecular weight is 157 g/mol. The molecule has 2 heteroatoms. The van der Waals surface area contributed by atoms with Crippen molar-refractivity contribution >= 4 is 0 Å². The van der Waals surface area contributed by atoms with Crippen LogP contribution in [-0.2, 0) is 4.74 Å². The Balaban J connectivity index is 1.79. The summed E-state index contributed by atoms with van der Waals surface area (Å²) in [5.41, 5.74) is 0. The molecule has 1 fully saturated rings. The molecule has 0 bridgehead atoms. The van der Waals surface area contributed by atoms with E-state index in [0.29, 0.717) is 6.10 Å². The normalized spacial score (nSPS) is 20.2. The zero-order chi connectivity index (χ0) is 8.10. The number of nitrogens with one attached hydrogen (secondary N) is 1. The Bertz CT molecular complexity index is 102. The molecule has 2 nitrogen and oxygen atoms in total. The van der Waals surface area contributed by atoms with Crippen LogP contribution in [0.4, 0.5) is 0 Å². The van der Waals surface area contributed by atoms with Crippen molar-refractivity contribution in [2.45, 2.75) is 45.3 Å². The van der Waals surface area contributed by atoms with Crippen LogP contribution in [0.15, 0.2) is 0 Å². The third-order valence-corrected chi connectivity index (χ3v) is 2.09. The molecule has 0 aliphatic heterocycles. The molecule has 0 aromatic heterocycles. The van der Waals surface area contributed by atoms with Crippen molar-refractivity contribution in [3.05, 3.63) is 0 Å². The molecule has 0 aromatic rings. The first-order chi connectivity index (χ1) is 5.33. The van der Waals surface area contributed by atoms with Gasteiger partial charge in [-0.05, 0) is 26.2 Å². The second kappa shape index (κ2) is 4.73. The SMILES string of the molecule is CCC(C)OCCNC1CC1. The first-order valence-corrected chi connectivity index (χ1v) is 4.68. The van der Waals surface area contributed by atoms with Gasteiger partial charge in [0.2, 0.25) is 0 Å². The Labute approximate surface area is 69.3 Å². The van der Waals surface area contributed by atoms with Crippen LogP contribution in [-0.4, -0.2) is 25.3 Å². The molecule has 0 spiro atoms. The highest BCUT2D eigenvalue weighted by Crippen LogP contribution is 2.17. The summed E-state index contributed by atoms with van der Waals surface area (Å²) in [6.07, 6.45) is 4.27. The average Bonchev–Trinajstić information content (AvgIpc) is 2.81. The molecule has 1 aliphatic rings. The zero-order valence-electron chi connectivity index (χ0n) is 7.60. The highest BCUT2D eigenvalue weighted by Gasteiger charge is 2.19. The monoisotopic (exact) mass is 157 g/mol. The smallest absolute Gasteiger partial charge is 0.0594 e. The van der Waals surface area contributed by atoms with Gasteiger partial charge in [-0.25, -0.2) is 0 Å². The maximum absolute atomic E-state index is 5.51. The number of ether oxygens (including phenoxy) is 1. The van der Waals surface area contributed by atoms with Gasteiger partial charge in [-0.15, -0.1) is 0 Å². The van der Waals surface area contributed by atoms with Gasteiger partial charge in [0.1, 0.15) is 0 Å². The summed E-state index contributed by atoms with van der Waals surface area (Å²) < 4.78 is 5.51. The lowest BCUT2D eigenvalue weighted by Crippen LogP contribution is -2.23. The van der Waals surface area contributed by atoms with Crippen molar-refractivity contribution in [2.24, 2.45) is 0 Å². The first-order valence-electron chi connectivity index (χ1n) is 4.68. The summed E-state index contributed by atoms with van der Waals surface area (Å²) in [7, 11) is 0. The molecular formula is C9H19NO. The highest BCUT2D eigenvalue weighted by molar-refractivity contribution is 4.80. The quantitative estimate of drug-likeness (QED) is 0.591. The van der Waals surface area contributed by atoms with Crippen LogP contribution in [0.25, 0.3) is 0 Å². The number of rotatable bonds is 6. The van der Waals surface area contributed by atoms with E-state index in [4.69, 9.17) is 4.74 Å². The zero-order valence-corrected chi connectivity index (χ0v) is 7.60. The van der Waals surface area contributed by atoms with Crippen molar-refractivity contribution in [3.63, 3.8) is 0 Å². The molecule has 0 amide bonds. The van der Waals surface area contributed by atoms with Crippen molar-refractivity contribution < 1.29 is 4.74 Å². The molecule has 1 unspecified atom stereocenters. The Morgan fingerprint density at radius 1 is 1.55 bits per heavy atom. The van der Waals surface area contributed by atoms with E-state index in [2.05, 4.69) is 19.2 Å². The minimum absolute atomic E-state index is 0.427. The molecule has 1 atom stereocenters. The van der Waals surface area contributed by atoms with E-state index in [9.17, 15) is 0 Å². The molecular weight excluding hydrogens is 138 g/mol. The van der Waals surface area contributed by atoms with E-state index in [0.717, 1.165) is 25.6 Å². The van der Waals surface area contributed by atoms with Gasteiger partial charge in [-0.2, -0.15) is 0 Å². The lowest BCUT2D eigenvalue weighted by atomic mass is 10.3. The lowest BCUT2D eigenvalue weighted by molar-refractivity contribution is 0.0655. The van der Waals surface area contributed by atoms with Crippen molar-refractivity contribution in [1.29, 1.82) is 0 Å². The van der Waals surface area contributed by atoms with Gasteiger partial charge in [-0.3, -0.25) is 0 Å². The molecule has 66 valence electrons. The predicted molar refractivity (Wildman–Crippen MR) is 46.7 cm³/mol. The van der Waals surface area contributed by atoms with Crippen molar-refractivity contribution in [1.82, 2.24) is 5.32 Å². The third-order valence-electron chi connectivity index (χ3n) is 2.09. The van der Waals surface area contributed by atoms with Gasteiger partial charge < -0.3 is 10.1 Å². The Hall–Kier alpha value is -0.0800. The molecule has 0 aromatic carbocycles.